The molecule has 29 heavy (non-hydrogen) atoms. The number of carbonyl (C=O) groups is 1. The maximum absolute atomic E-state index is 12.2. The minimum Gasteiger partial charge on any atom is -0.355 e. The van der Waals surface area contributed by atoms with E-state index in [1.807, 2.05) is 0 Å². The van der Waals surface area contributed by atoms with Crippen LogP contribution >= 0.6 is 0 Å². The van der Waals surface area contributed by atoms with Crippen LogP contribution in [-0.2, 0) is 4.79 Å². The van der Waals surface area contributed by atoms with Crippen LogP contribution in [0.1, 0.15) is 56.6 Å². The molecular weight excluding hydrogens is 362 g/mol. The zero-order valence-electron chi connectivity index (χ0n) is 17.8. The number of nitrogens with zero attached hydrogens (tertiary/aromatic N) is 2. The number of benzene rings is 1. The lowest BCUT2D eigenvalue weighted by Gasteiger charge is -2.29. The number of likely N-dealkylation sites (tertiary alicyclic amines) is 1. The highest BCUT2D eigenvalue weighted by molar-refractivity contribution is 5.80. The molecule has 1 aromatic carbocycles. The number of rotatable bonds is 8. The van der Waals surface area contributed by atoms with Gasteiger partial charge >= 0.3 is 0 Å². The molecule has 2 fully saturated rings. The van der Waals surface area contributed by atoms with Crippen molar-refractivity contribution >= 4 is 11.9 Å². The zero-order valence-corrected chi connectivity index (χ0v) is 17.8. The molecule has 1 aliphatic carbocycles. The van der Waals surface area contributed by atoms with Gasteiger partial charge < -0.3 is 16.0 Å². The molecule has 1 saturated heterocycles. The van der Waals surface area contributed by atoms with E-state index in [0.717, 1.165) is 38.4 Å². The normalized spacial score (nSPS) is 19.7. The Balaban J connectivity index is 1.42. The van der Waals surface area contributed by atoms with Gasteiger partial charge in [-0.25, -0.2) is 0 Å². The summed E-state index contributed by atoms with van der Waals surface area (Å²) in [5, 5.41) is 9.89. The van der Waals surface area contributed by atoms with E-state index in [0.29, 0.717) is 19.1 Å². The van der Waals surface area contributed by atoms with Gasteiger partial charge in [0.15, 0.2) is 5.96 Å². The zero-order chi connectivity index (χ0) is 20.3. The third-order valence-electron chi connectivity index (χ3n) is 6.14. The van der Waals surface area contributed by atoms with Gasteiger partial charge in [-0.1, -0.05) is 49.6 Å². The molecule has 1 unspecified atom stereocenters. The van der Waals surface area contributed by atoms with E-state index in [1.54, 1.807) is 7.05 Å². The number of guanidine groups is 1. The first kappa shape index (κ1) is 21.6. The van der Waals surface area contributed by atoms with E-state index in [9.17, 15) is 4.79 Å². The van der Waals surface area contributed by atoms with Crippen LogP contribution in [0.15, 0.2) is 35.3 Å². The topological polar surface area (TPSA) is 68.8 Å². The molecule has 0 aromatic heterocycles. The van der Waals surface area contributed by atoms with E-state index in [1.165, 1.54) is 37.7 Å². The number of aliphatic imine (C=N–C) groups is 1. The van der Waals surface area contributed by atoms with Crippen LogP contribution in [0.4, 0.5) is 0 Å². The highest BCUT2D eigenvalue weighted by Crippen LogP contribution is 2.24. The fourth-order valence-electron chi connectivity index (χ4n) is 4.48. The molecule has 2 aliphatic rings. The maximum atomic E-state index is 12.2. The van der Waals surface area contributed by atoms with Crippen molar-refractivity contribution in [2.24, 2.45) is 10.9 Å². The Morgan fingerprint density at radius 1 is 1.00 bits per heavy atom. The lowest BCUT2D eigenvalue weighted by molar-refractivity contribution is -0.125. The van der Waals surface area contributed by atoms with Crippen molar-refractivity contribution in [1.29, 1.82) is 0 Å². The molecule has 0 bridgehead atoms. The highest BCUT2D eigenvalue weighted by atomic mass is 16.1. The van der Waals surface area contributed by atoms with E-state index in [2.05, 4.69) is 56.2 Å². The quantitative estimate of drug-likeness (QED) is 0.357. The molecule has 160 valence electrons. The monoisotopic (exact) mass is 399 g/mol. The predicted octanol–water partition coefficient (Wildman–Crippen LogP) is 2.69. The van der Waals surface area contributed by atoms with Crippen LogP contribution in [0.5, 0.6) is 0 Å². The van der Waals surface area contributed by atoms with Crippen molar-refractivity contribution in [3.63, 3.8) is 0 Å². The van der Waals surface area contributed by atoms with Gasteiger partial charge in [-0.05, 0) is 44.3 Å². The van der Waals surface area contributed by atoms with E-state index < -0.39 is 0 Å². The number of hydrogen-bond donors (Lipinski definition) is 3. The summed E-state index contributed by atoms with van der Waals surface area (Å²) >= 11 is 0. The van der Waals surface area contributed by atoms with Crippen molar-refractivity contribution < 1.29 is 4.79 Å². The number of nitrogens with one attached hydrogen (secondary N) is 3. The third-order valence-corrected chi connectivity index (χ3v) is 6.14. The summed E-state index contributed by atoms with van der Waals surface area (Å²) in [5.74, 6) is 1.22. The Labute approximate surface area is 175 Å². The molecule has 1 aromatic rings. The first-order chi connectivity index (χ1) is 14.3. The molecule has 6 nitrogen and oxygen atoms in total. The average molecular weight is 400 g/mol. The first-order valence-electron chi connectivity index (χ1n) is 11.3. The summed E-state index contributed by atoms with van der Waals surface area (Å²) in [6, 6.07) is 11.1. The minimum absolute atomic E-state index is 0.215. The molecule has 0 spiro atoms. The Morgan fingerprint density at radius 2 is 1.69 bits per heavy atom. The predicted molar refractivity (Wildman–Crippen MR) is 119 cm³/mol. The third kappa shape index (κ3) is 6.74. The van der Waals surface area contributed by atoms with E-state index in [-0.39, 0.29) is 11.8 Å². The molecule has 1 saturated carbocycles. The molecule has 6 heteroatoms. The number of carbonyl (C=O) groups excluding carboxylic acids is 1. The van der Waals surface area contributed by atoms with Crippen molar-refractivity contribution in [2.75, 3.05) is 39.8 Å². The number of hydrogen-bond acceptors (Lipinski definition) is 3. The van der Waals surface area contributed by atoms with Crippen LogP contribution in [0.25, 0.3) is 0 Å². The van der Waals surface area contributed by atoms with Gasteiger partial charge in [-0.2, -0.15) is 0 Å². The minimum atomic E-state index is 0.215. The summed E-state index contributed by atoms with van der Waals surface area (Å²) < 4.78 is 0. The lowest BCUT2D eigenvalue weighted by Crippen LogP contribution is -2.45. The summed E-state index contributed by atoms with van der Waals surface area (Å²) in [6.45, 7) is 4.43. The van der Waals surface area contributed by atoms with Crippen molar-refractivity contribution in [3.05, 3.63) is 35.9 Å². The Morgan fingerprint density at radius 3 is 2.38 bits per heavy atom. The van der Waals surface area contributed by atoms with Crippen molar-refractivity contribution in [3.8, 4) is 0 Å². The van der Waals surface area contributed by atoms with Gasteiger partial charge in [-0.15, -0.1) is 0 Å². The Bertz CT molecular complexity index is 636. The molecule has 1 amide bonds. The molecule has 3 N–H and O–H groups in total. The standard InChI is InChI=1S/C23H37N5O/c1-24-23(26-15-14-25-22(29)20-12-6-3-7-13-20)27-18-21(28-16-8-9-17-28)19-10-4-2-5-11-19/h2,4-5,10-11,20-21H,3,6-9,12-18H2,1H3,(H,25,29)(H2,24,26,27). The fourth-order valence-corrected chi connectivity index (χ4v) is 4.48. The summed E-state index contributed by atoms with van der Waals surface area (Å²) in [7, 11) is 1.79. The molecule has 1 aliphatic heterocycles. The van der Waals surface area contributed by atoms with Crippen LogP contribution in [0.3, 0.4) is 0 Å². The van der Waals surface area contributed by atoms with Crippen molar-refractivity contribution in [2.45, 2.75) is 51.0 Å². The summed E-state index contributed by atoms with van der Waals surface area (Å²) in [4.78, 5) is 19.1. The Hall–Kier alpha value is -2.08. The van der Waals surface area contributed by atoms with E-state index >= 15 is 0 Å². The average Bonchev–Trinajstić information content (AvgIpc) is 3.31. The highest BCUT2D eigenvalue weighted by Gasteiger charge is 2.23. The number of amides is 1. The Kier molecular flexibility index (Phi) is 8.81. The largest absolute Gasteiger partial charge is 0.355 e. The summed E-state index contributed by atoms with van der Waals surface area (Å²) in [5.41, 5.74) is 1.34. The van der Waals surface area contributed by atoms with Gasteiger partial charge in [0, 0.05) is 32.6 Å². The maximum Gasteiger partial charge on any atom is 0.223 e. The fraction of sp³-hybridized carbons (Fsp3) is 0.652. The lowest BCUT2D eigenvalue weighted by atomic mass is 9.89. The van der Waals surface area contributed by atoms with Gasteiger partial charge in [-0.3, -0.25) is 14.7 Å². The smallest absolute Gasteiger partial charge is 0.223 e. The molecular formula is C23H37N5O. The summed E-state index contributed by atoms with van der Waals surface area (Å²) in [6.07, 6.45) is 8.28. The molecule has 1 heterocycles. The van der Waals surface area contributed by atoms with Gasteiger partial charge in [0.25, 0.3) is 0 Å². The van der Waals surface area contributed by atoms with Crippen LogP contribution < -0.4 is 16.0 Å². The van der Waals surface area contributed by atoms with Gasteiger partial charge in [0.05, 0.1) is 6.04 Å². The molecule has 0 radical (unpaired) electrons. The van der Waals surface area contributed by atoms with Crippen LogP contribution in [0.2, 0.25) is 0 Å². The van der Waals surface area contributed by atoms with Gasteiger partial charge in [0.1, 0.15) is 0 Å². The second-order valence-corrected chi connectivity index (χ2v) is 8.18. The van der Waals surface area contributed by atoms with Crippen LogP contribution in [-0.4, -0.2) is 56.5 Å². The van der Waals surface area contributed by atoms with Crippen LogP contribution in [0, 0.1) is 5.92 Å². The first-order valence-corrected chi connectivity index (χ1v) is 11.3. The van der Waals surface area contributed by atoms with E-state index in [4.69, 9.17) is 0 Å². The SMILES string of the molecule is CN=C(NCCNC(=O)C1CCCCC1)NCC(c1ccccc1)N1CCCC1. The molecule has 3 rings (SSSR count). The second kappa shape index (κ2) is 11.8. The van der Waals surface area contributed by atoms with Gasteiger partial charge in [0.2, 0.25) is 5.91 Å². The van der Waals surface area contributed by atoms with Crippen molar-refractivity contribution in [1.82, 2.24) is 20.9 Å². The second-order valence-electron chi connectivity index (χ2n) is 8.18. The molecule has 1 atom stereocenters.